The Bertz CT molecular complexity index is 2300. The number of anilines is 3. The maximum absolute atomic E-state index is 6.07. The Hall–Kier alpha value is -7.68. The monoisotopic (exact) mass is 680 g/mol. The van der Waals surface area contributed by atoms with Crippen LogP contribution >= 0.6 is 0 Å². The van der Waals surface area contributed by atoms with Crippen LogP contribution in [-0.2, 0) is 12.8 Å². The van der Waals surface area contributed by atoms with Gasteiger partial charge >= 0.3 is 0 Å². The molecule has 50 heavy (non-hydrogen) atoms. The van der Waals surface area contributed by atoms with E-state index in [1.165, 1.54) is 27.6 Å². The number of H-pyrrole nitrogens is 2. The first-order valence-electron chi connectivity index (χ1n) is 14.3. The zero-order valence-electron chi connectivity index (χ0n) is 26.5. The molecule has 0 aliphatic carbocycles. The fraction of sp³-hybridized carbons (Fsp3) is 0.273. The normalized spacial score (nSPS) is 12.0. The summed E-state index contributed by atoms with van der Waals surface area (Å²) >= 11 is 0. The van der Waals surface area contributed by atoms with Gasteiger partial charge in [-0.3, -0.25) is 10.2 Å². The lowest BCUT2D eigenvalue weighted by Crippen LogP contribution is -2.12. The highest BCUT2D eigenvalue weighted by molar-refractivity contribution is 5.57. The van der Waals surface area contributed by atoms with E-state index in [9.17, 15) is 0 Å². The number of nitrogens with zero attached hydrogens (tertiary/aromatic N) is 24. The predicted octanol–water partition coefficient (Wildman–Crippen LogP) is -2.31. The molecule has 0 spiro atoms. The molecule has 0 unspecified atom stereocenters. The summed E-state index contributed by atoms with van der Waals surface area (Å²) in [5.41, 5.74) is 13.2. The van der Waals surface area contributed by atoms with Crippen LogP contribution in [0.3, 0.4) is 0 Å². The Morgan fingerprint density at radius 3 is 2.08 bits per heavy atom. The number of nitrogens with two attached hydrogens (primary N) is 2. The van der Waals surface area contributed by atoms with Gasteiger partial charge in [-0.25, -0.2) is 9.99 Å². The molecule has 252 valence electrons. The van der Waals surface area contributed by atoms with Crippen LogP contribution in [0.15, 0.2) is 22.6 Å². The summed E-state index contributed by atoms with van der Waals surface area (Å²) in [4.78, 5) is 17.1. The van der Waals surface area contributed by atoms with Crippen LogP contribution in [0.2, 0.25) is 0 Å². The Morgan fingerprint density at radius 1 is 0.800 bits per heavy atom. The van der Waals surface area contributed by atoms with Gasteiger partial charge in [0.05, 0.1) is 26.1 Å². The molecule has 6 N–H and O–H groups in total. The van der Waals surface area contributed by atoms with E-state index in [1.54, 1.807) is 7.05 Å². The molecule has 0 saturated heterocycles. The number of rotatable bonds is 11. The molecule has 0 fully saturated rings. The summed E-state index contributed by atoms with van der Waals surface area (Å²) in [7, 11) is 3.19. The average molecular weight is 681 g/mol. The third kappa shape index (κ3) is 6.19. The lowest BCUT2D eigenvalue weighted by molar-refractivity contribution is 0.682. The molecule has 7 rings (SSSR count). The first-order valence-corrected chi connectivity index (χ1v) is 14.3. The third-order valence-corrected chi connectivity index (χ3v) is 6.58. The van der Waals surface area contributed by atoms with Crippen molar-refractivity contribution in [1.82, 2.24) is 116 Å². The summed E-state index contributed by atoms with van der Waals surface area (Å²) in [5, 5.41) is 72.1. The van der Waals surface area contributed by atoms with Gasteiger partial charge in [0.25, 0.3) is 23.8 Å². The molecule has 0 aliphatic heterocycles. The molecule has 0 amide bonds. The van der Waals surface area contributed by atoms with Crippen molar-refractivity contribution in [2.24, 2.45) is 10.3 Å². The summed E-state index contributed by atoms with van der Waals surface area (Å²) in [6.45, 7) is 3.73. The summed E-state index contributed by atoms with van der Waals surface area (Å²) < 4.78 is 3.68. The molecule has 0 saturated carbocycles. The minimum atomic E-state index is -0.0466. The highest BCUT2D eigenvalue weighted by Gasteiger charge is 2.19. The Labute approximate surface area is 277 Å². The van der Waals surface area contributed by atoms with Crippen molar-refractivity contribution in [3.8, 4) is 29.4 Å². The predicted molar refractivity (Wildman–Crippen MR) is 165 cm³/mol. The second-order valence-electron chi connectivity index (χ2n) is 9.99. The molecule has 28 nitrogen and oxygen atoms in total. The number of nitrogen functional groups attached to an aromatic ring is 2. The highest BCUT2D eigenvalue weighted by atomic mass is 15.6. The minimum Gasteiger partial charge on any atom is -0.368 e. The van der Waals surface area contributed by atoms with Gasteiger partial charge in [0, 0.05) is 7.05 Å². The van der Waals surface area contributed by atoms with Gasteiger partial charge in [-0.1, -0.05) is 16.5 Å². The van der Waals surface area contributed by atoms with E-state index in [0.717, 1.165) is 10.3 Å². The topological polar surface area (TPSA) is 358 Å². The second-order valence-corrected chi connectivity index (χ2v) is 9.99. The standard InChI is InChI=1S/C22H24N28/c1-5-9(2)15-28-17(23)49(43-15)21-39-33-13(34-40-21)6-11-26-16(37-31-11)10-8-48(46-30-10)20-29-18(24)50(44-20)22-41-35-14(36-42-22)7-12-27-19(38-32-12)47(4)45-25-3/h5,8H,6-7H2,1-4H3,(H2,23,28,43)(H2,24,29,44)(H,26,31,37)(H,27,32,38)/b9-5+,45-25?. The van der Waals surface area contributed by atoms with Gasteiger partial charge in [0.1, 0.15) is 11.6 Å². The summed E-state index contributed by atoms with van der Waals surface area (Å²) in [6, 6.07) is 0. The Kier molecular flexibility index (Phi) is 7.95. The summed E-state index contributed by atoms with van der Waals surface area (Å²) in [5.74, 6) is 2.61. The largest absolute Gasteiger partial charge is 0.368 e. The van der Waals surface area contributed by atoms with Gasteiger partial charge in [-0.05, 0) is 19.4 Å². The number of allylic oxidation sites excluding steroid dienone is 2. The molecule has 0 aliphatic rings. The van der Waals surface area contributed by atoms with E-state index >= 15 is 0 Å². The van der Waals surface area contributed by atoms with Gasteiger partial charge in [-0.15, -0.1) is 61.2 Å². The summed E-state index contributed by atoms with van der Waals surface area (Å²) in [6.07, 6.45) is 3.69. The zero-order valence-corrected chi connectivity index (χ0v) is 26.5. The van der Waals surface area contributed by atoms with Crippen molar-refractivity contribution in [3.05, 3.63) is 41.4 Å². The lowest BCUT2D eigenvalue weighted by atomic mass is 10.3. The second kappa shape index (κ2) is 12.8. The Morgan fingerprint density at radius 2 is 1.42 bits per heavy atom. The molecule has 0 atom stereocenters. The van der Waals surface area contributed by atoms with E-state index in [1.807, 2.05) is 19.9 Å². The van der Waals surface area contributed by atoms with Crippen LogP contribution in [0.5, 0.6) is 0 Å². The van der Waals surface area contributed by atoms with Crippen molar-refractivity contribution in [2.75, 3.05) is 30.6 Å². The van der Waals surface area contributed by atoms with Gasteiger partial charge < -0.3 is 11.5 Å². The van der Waals surface area contributed by atoms with Crippen molar-refractivity contribution in [1.29, 1.82) is 0 Å². The molecule has 28 heteroatoms. The average Bonchev–Trinajstić information content (AvgIpc) is 3.97. The van der Waals surface area contributed by atoms with Crippen LogP contribution in [0.25, 0.3) is 34.9 Å². The fourth-order valence-corrected chi connectivity index (χ4v) is 4.06. The van der Waals surface area contributed by atoms with Crippen LogP contribution in [0, 0.1) is 0 Å². The van der Waals surface area contributed by atoms with Gasteiger partial charge in [-0.2, -0.15) is 39.2 Å². The van der Waals surface area contributed by atoms with Crippen LogP contribution in [0.1, 0.15) is 43.0 Å². The maximum atomic E-state index is 6.07. The van der Waals surface area contributed by atoms with E-state index in [0.29, 0.717) is 29.1 Å². The molecule has 7 aromatic rings. The number of nitrogens with one attached hydrogen (secondary N) is 2. The number of aromatic amines is 2. The molecule has 7 heterocycles. The molecule has 0 radical (unpaired) electrons. The van der Waals surface area contributed by atoms with E-state index in [4.69, 9.17) is 11.5 Å². The fourth-order valence-electron chi connectivity index (χ4n) is 4.06. The van der Waals surface area contributed by atoms with Gasteiger partial charge in [0.2, 0.25) is 17.7 Å². The van der Waals surface area contributed by atoms with Crippen molar-refractivity contribution >= 4 is 23.4 Å². The maximum Gasteiger partial charge on any atom is 0.292 e. The molecular formula is C22H24N28. The highest BCUT2D eigenvalue weighted by Crippen LogP contribution is 2.16. The van der Waals surface area contributed by atoms with E-state index in [2.05, 4.69) is 112 Å². The van der Waals surface area contributed by atoms with Crippen molar-refractivity contribution in [2.45, 2.75) is 26.7 Å². The van der Waals surface area contributed by atoms with Crippen molar-refractivity contribution < 1.29 is 0 Å². The van der Waals surface area contributed by atoms with E-state index < -0.39 is 0 Å². The Balaban J connectivity index is 1.00. The molecule has 7 aromatic heterocycles. The first-order chi connectivity index (χ1) is 24.3. The van der Waals surface area contributed by atoms with Crippen LogP contribution in [0.4, 0.5) is 17.8 Å². The molecule has 0 aromatic carbocycles. The number of hydrogen-bond donors (Lipinski definition) is 4. The SMILES string of the molecule is C/C=C(\C)c1nc(N)n(-c2nnc(Cc3nc(-c4cn(-c5nc(N)n(-c6nnc(Cc7nc(N(C)N=NC)n[nH]7)nn6)n5)nn4)n[nH]3)nn2)n1. The van der Waals surface area contributed by atoms with Crippen LogP contribution < -0.4 is 16.5 Å². The quantitative estimate of drug-likeness (QED) is 0.0823. The van der Waals surface area contributed by atoms with E-state index in [-0.39, 0.29) is 60.1 Å². The lowest BCUT2D eigenvalue weighted by Gasteiger charge is -2.03. The third-order valence-electron chi connectivity index (χ3n) is 6.58. The van der Waals surface area contributed by atoms with Crippen molar-refractivity contribution in [3.63, 3.8) is 0 Å². The first kappa shape index (κ1) is 30.9. The molecule has 0 bridgehead atoms. The molecular weight excluding hydrogens is 656 g/mol. The minimum absolute atomic E-state index is 0.0252. The van der Waals surface area contributed by atoms with Gasteiger partial charge in [0.15, 0.2) is 23.2 Å². The number of hydrogen-bond acceptors (Lipinski definition) is 22. The van der Waals surface area contributed by atoms with Crippen LogP contribution in [-0.4, -0.2) is 130 Å². The zero-order chi connectivity index (χ0) is 34.8. The smallest absolute Gasteiger partial charge is 0.292 e. The number of aromatic nitrogens is 23.